The summed E-state index contributed by atoms with van der Waals surface area (Å²) in [6, 6.07) is 9.03. The molecule has 2 rings (SSSR count). The van der Waals surface area contributed by atoms with Gasteiger partial charge in [-0.15, -0.1) is 0 Å². The van der Waals surface area contributed by atoms with Crippen LogP contribution in [0.5, 0.6) is 5.75 Å². The molecule has 1 heterocycles. The van der Waals surface area contributed by atoms with E-state index in [0.29, 0.717) is 10.1 Å². The van der Waals surface area contributed by atoms with Gasteiger partial charge in [0.1, 0.15) is 0 Å². The third kappa shape index (κ3) is 1.17. The zero-order valence-electron chi connectivity index (χ0n) is 6.13. The summed E-state index contributed by atoms with van der Waals surface area (Å²) in [6.45, 7) is 0. The number of phenolic OH excluding ortho intramolecular Hbond substituents is 1. The Bertz CT molecular complexity index is 428. The first-order chi connectivity index (χ1) is 5.77. The molecule has 0 aliphatic heterocycles. The Hall–Kier alpha value is -1.05. The van der Waals surface area contributed by atoms with Gasteiger partial charge < -0.3 is 0 Å². The molecular formula is C9H6FeNO. The van der Waals surface area contributed by atoms with Crippen LogP contribution in [-0.2, 0) is 16.0 Å². The summed E-state index contributed by atoms with van der Waals surface area (Å²) in [4.78, 5) is 4.11. The first-order valence-corrected chi connectivity index (χ1v) is 4.05. The molecule has 0 radical (unpaired) electrons. The van der Waals surface area contributed by atoms with Gasteiger partial charge in [-0.1, -0.05) is 0 Å². The third-order valence-corrected chi connectivity index (χ3v) is 1.97. The predicted molar refractivity (Wildman–Crippen MR) is 43.0 cm³/mol. The van der Waals surface area contributed by atoms with Crippen molar-refractivity contribution >= 4 is 15.5 Å². The summed E-state index contributed by atoms with van der Waals surface area (Å²) in [5.41, 5.74) is 0.616. The van der Waals surface area contributed by atoms with E-state index in [2.05, 4.69) is 21.0 Å². The number of para-hydroxylation sites is 1. The van der Waals surface area contributed by atoms with Gasteiger partial charge in [-0.05, 0) is 0 Å². The van der Waals surface area contributed by atoms with E-state index < -0.39 is 0 Å². The van der Waals surface area contributed by atoms with E-state index in [9.17, 15) is 5.11 Å². The number of phenols is 1. The zero-order chi connectivity index (χ0) is 8.55. The van der Waals surface area contributed by atoms with Crippen molar-refractivity contribution in [2.24, 2.45) is 0 Å². The van der Waals surface area contributed by atoms with Crippen LogP contribution in [-0.4, -0.2) is 10.1 Å². The van der Waals surface area contributed by atoms with Crippen LogP contribution in [0.3, 0.4) is 0 Å². The van der Waals surface area contributed by atoms with Crippen molar-refractivity contribution in [3.05, 3.63) is 30.3 Å². The monoisotopic (exact) mass is 200 g/mol. The van der Waals surface area contributed by atoms with Gasteiger partial charge >= 0.3 is 77.7 Å². The fourth-order valence-corrected chi connectivity index (χ4v) is 1.32. The normalized spacial score (nSPS) is 10.4. The van der Waals surface area contributed by atoms with E-state index in [0.717, 1.165) is 5.39 Å². The van der Waals surface area contributed by atoms with Crippen molar-refractivity contribution in [2.75, 3.05) is 0 Å². The Morgan fingerprint density at radius 3 is 2.83 bits per heavy atom. The minimum absolute atomic E-state index is 0.206. The van der Waals surface area contributed by atoms with Crippen molar-refractivity contribution in [1.29, 1.82) is 0 Å². The fourth-order valence-electron chi connectivity index (χ4n) is 1.10. The van der Waals surface area contributed by atoms with Gasteiger partial charge in [0.2, 0.25) is 0 Å². The molecule has 0 unspecified atom stereocenters. The number of benzene rings is 1. The van der Waals surface area contributed by atoms with E-state index in [-0.39, 0.29) is 5.75 Å². The first-order valence-electron chi connectivity index (χ1n) is 3.50. The van der Waals surface area contributed by atoms with E-state index in [4.69, 9.17) is 0 Å². The average Bonchev–Trinajstić information content (AvgIpc) is 2.07. The summed E-state index contributed by atoms with van der Waals surface area (Å²) in [7, 11) is 0. The second-order valence-electron chi connectivity index (χ2n) is 2.47. The molecule has 0 aliphatic carbocycles. The number of nitrogens with zero attached hydrogens (tertiary/aromatic N) is 1. The van der Waals surface area contributed by atoms with Crippen molar-refractivity contribution in [2.45, 2.75) is 0 Å². The number of rotatable bonds is 0. The van der Waals surface area contributed by atoms with Gasteiger partial charge in [0.05, 0.1) is 0 Å². The van der Waals surface area contributed by atoms with Crippen molar-refractivity contribution in [3.8, 4) is 5.75 Å². The van der Waals surface area contributed by atoms with Gasteiger partial charge in [0, 0.05) is 0 Å². The third-order valence-electron chi connectivity index (χ3n) is 1.66. The second kappa shape index (κ2) is 2.77. The minimum atomic E-state index is 0.206. The van der Waals surface area contributed by atoms with Crippen LogP contribution in [0.4, 0.5) is 0 Å². The second-order valence-corrected chi connectivity index (χ2v) is 3.04. The maximum atomic E-state index is 9.41. The van der Waals surface area contributed by atoms with Crippen LogP contribution in [0.1, 0.15) is 0 Å². The van der Waals surface area contributed by atoms with E-state index in [1.165, 1.54) is 0 Å². The summed E-state index contributed by atoms with van der Waals surface area (Å²) >= 11 is 3.69. The average molecular weight is 200 g/mol. The molecule has 61 valence electrons. The number of pyridine rings is 1. The number of hydrogen-bond donors (Lipinski definition) is 1. The number of fused-ring (bicyclic) bond motifs is 1. The van der Waals surface area contributed by atoms with Crippen molar-refractivity contribution < 1.29 is 21.1 Å². The van der Waals surface area contributed by atoms with Gasteiger partial charge in [0.25, 0.3) is 0 Å². The van der Waals surface area contributed by atoms with Gasteiger partial charge in [-0.25, -0.2) is 0 Å². The number of hydrogen-bond acceptors (Lipinski definition) is 2. The van der Waals surface area contributed by atoms with E-state index in [1.807, 2.05) is 18.2 Å². The van der Waals surface area contributed by atoms with E-state index >= 15 is 0 Å². The van der Waals surface area contributed by atoms with Gasteiger partial charge in [-0.3, -0.25) is 0 Å². The van der Waals surface area contributed by atoms with Crippen LogP contribution in [0, 0.1) is 0 Å². The molecule has 0 amide bonds. The van der Waals surface area contributed by atoms with Gasteiger partial charge in [-0.2, -0.15) is 0 Å². The standard InChI is InChI=1S/C9H6NO.Fe/c11-8-5-1-3-7-4-2-6-10-9(7)8;/h1-5,11H;. The fraction of sp³-hybridized carbons (Fsp3) is 0. The zero-order valence-corrected chi connectivity index (χ0v) is 7.24. The Labute approximate surface area is 78.1 Å². The van der Waals surface area contributed by atoms with E-state index in [1.54, 1.807) is 12.1 Å². The molecule has 0 bridgehead atoms. The summed E-state index contributed by atoms with van der Waals surface area (Å²) < 4.78 is 0.670. The molecule has 0 saturated heterocycles. The summed E-state index contributed by atoms with van der Waals surface area (Å²) in [5.74, 6) is 0.206. The topological polar surface area (TPSA) is 33.1 Å². The molecule has 2 nitrogen and oxygen atoms in total. The molecule has 1 N–H and O–H groups in total. The molecular weight excluding hydrogens is 194 g/mol. The molecule has 0 fully saturated rings. The Morgan fingerprint density at radius 2 is 2.00 bits per heavy atom. The molecule has 12 heavy (non-hydrogen) atoms. The molecule has 2 aromatic rings. The quantitative estimate of drug-likeness (QED) is 0.646. The van der Waals surface area contributed by atoms with Crippen LogP contribution in [0.2, 0.25) is 0 Å². The number of aromatic hydroxyl groups is 1. The summed E-state index contributed by atoms with van der Waals surface area (Å²) in [6.07, 6.45) is 0. The molecule has 0 spiro atoms. The Kier molecular flexibility index (Phi) is 1.75. The first kappa shape index (κ1) is 7.59. The Balaban J connectivity index is 2.88. The van der Waals surface area contributed by atoms with Crippen LogP contribution < -0.4 is 4.59 Å². The van der Waals surface area contributed by atoms with Crippen LogP contribution in [0.15, 0.2) is 30.3 Å². The molecule has 1 aromatic heterocycles. The summed E-state index contributed by atoms with van der Waals surface area (Å²) in [5, 5.41) is 10.3. The predicted octanol–water partition coefficient (Wildman–Crippen LogP) is 1.11. The molecule has 3 heteroatoms. The SMILES string of the molecule is Oc1cccc2cc[c]([Fe])nc12. The van der Waals surface area contributed by atoms with Crippen molar-refractivity contribution in [3.63, 3.8) is 0 Å². The molecule has 0 atom stereocenters. The molecule has 1 aromatic carbocycles. The number of aromatic nitrogens is 1. The molecule has 0 saturated carbocycles. The van der Waals surface area contributed by atoms with Crippen LogP contribution in [0.25, 0.3) is 10.9 Å². The maximum absolute atomic E-state index is 9.41. The van der Waals surface area contributed by atoms with Gasteiger partial charge in [0.15, 0.2) is 0 Å². The molecule has 0 aliphatic rings. The van der Waals surface area contributed by atoms with Crippen LogP contribution >= 0.6 is 0 Å². The van der Waals surface area contributed by atoms with Crippen molar-refractivity contribution in [1.82, 2.24) is 4.98 Å². The Morgan fingerprint density at radius 1 is 1.17 bits per heavy atom.